The molecular weight excluding hydrogens is 925 g/mol. The Labute approximate surface area is 439 Å². The first kappa shape index (κ1) is 44.2. The van der Waals surface area contributed by atoms with E-state index in [1.165, 1.54) is 5.56 Å². The molecule has 0 saturated heterocycles. The fourth-order valence-electron chi connectivity index (χ4n) is 11.1. The molecule has 0 N–H and O–H groups in total. The fourth-order valence-corrected chi connectivity index (χ4v) is 11.1. The Kier molecular flexibility index (Phi) is 10.8. The number of rotatable bonds is 9. The number of fused-ring (bicyclic) bond motifs is 6. The zero-order valence-corrected chi connectivity index (χ0v) is 41.1. The van der Waals surface area contributed by atoms with Crippen molar-refractivity contribution in [3.05, 3.63) is 272 Å². The molecule has 6 heteroatoms. The van der Waals surface area contributed by atoms with E-state index in [0.29, 0.717) is 23.0 Å². The van der Waals surface area contributed by atoms with Crippen molar-refractivity contribution >= 4 is 43.6 Å². The quantitative estimate of drug-likeness (QED) is 0.144. The predicted octanol–water partition coefficient (Wildman–Crippen LogP) is 17.6. The maximum atomic E-state index is 10.5. The van der Waals surface area contributed by atoms with Gasteiger partial charge in [0.2, 0.25) is 0 Å². The molecule has 354 valence electrons. The number of nitrogens with zero attached hydrogens (tertiary/aromatic N) is 6. The molecule has 0 spiro atoms. The summed E-state index contributed by atoms with van der Waals surface area (Å²) in [5.74, 6) is 1.69. The van der Waals surface area contributed by atoms with Gasteiger partial charge in [-0.05, 0) is 106 Å². The average molecular weight is 969 g/mol. The van der Waals surface area contributed by atoms with Gasteiger partial charge in [-0.25, -0.2) is 15.0 Å². The molecule has 0 unspecified atom stereocenters. The SMILES string of the molecule is N#Cc1ccccc1-c1ccc(-n2c3ccccc3c3cc(-c4ccccc4)ccc32)c(-c2ccc(-n3c4ccccc4c4cc(-c5ccccc5)ccc43)c(-c3nc(-c4ccccc4)nc(-c4ccccc4)n3)c2)c1. The maximum Gasteiger partial charge on any atom is 0.166 e. The summed E-state index contributed by atoms with van der Waals surface area (Å²) in [5, 5.41) is 15.1. The number of para-hydroxylation sites is 2. The molecular formula is C70H44N6. The van der Waals surface area contributed by atoms with Crippen molar-refractivity contribution in [1.82, 2.24) is 24.1 Å². The lowest BCUT2D eigenvalue weighted by atomic mass is 9.93. The molecule has 11 aromatic carbocycles. The summed E-state index contributed by atoms with van der Waals surface area (Å²) in [5.41, 5.74) is 17.8. The molecule has 3 aromatic heterocycles. The largest absolute Gasteiger partial charge is 0.309 e. The van der Waals surface area contributed by atoms with Crippen molar-refractivity contribution < 1.29 is 0 Å². The third-order valence-electron chi connectivity index (χ3n) is 14.6. The molecule has 0 bridgehead atoms. The molecule has 3 heterocycles. The van der Waals surface area contributed by atoms with Crippen LogP contribution in [0.3, 0.4) is 0 Å². The Morgan fingerprint density at radius 2 is 0.645 bits per heavy atom. The normalized spacial score (nSPS) is 11.4. The number of hydrogen-bond donors (Lipinski definition) is 0. The molecule has 0 saturated carbocycles. The van der Waals surface area contributed by atoms with Crippen LogP contribution in [0.4, 0.5) is 0 Å². The van der Waals surface area contributed by atoms with Gasteiger partial charge in [0, 0.05) is 43.8 Å². The Bertz CT molecular complexity index is 4510. The topological polar surface area (TPSA) is 72.3 Å². The number of aromatic nitrogens is 5. The fraction of sp³-hybridized carbons (Fsp3) is 0. The van der Waals surface area contributed by atoms with Gasteiger partial charge >= 0.3 is 0 Å². The maximum absolute atomic E-state index is 10.5. The minimum atomic E-state index is 0.536. The smallest absolute Gasteiger partial charge is 0.166 e. The van der Waals surface area contributed by atoms with E-state index in [4.69, 9.17) is 15.0 Å². The van der Waals surface area contributed by atoms with E-state index in [0.717, 1.165) is 111 Å². The number of benzene rings is 11. The van der Waals surface area contributed by atoms with E-state index < -0.39 is 0 Å². The lowest BCUT2D eigenvalue weighted by Gasteiger charge is -2.19. The Morgan fingerprint density at radius 1 is 0.263 bits per heavy atom. The van der Waals surface area contributed by atoms with Crippen LogP contribution in [-0.2, 0) is 0 Å². The van der Waals surface area contributed by atoms with Crippen molar-refractivity contribution in [2.75, 3.05) is 0 Å². The van der Waals surface area contributed by atoms with E-state index in [1.807, 2.05) is 84.9 Å². The van der Waals surface area contributed by atoms with Crippen LogP contribution in [0, 0.1) is 11.3 Å². The third kappa shape index (κ3) is 7.62. The first-order valence-electron chi connectivity index (χ1n) is 25.5. The van der Waals surface area contributed by atoms with E-state index in [-0.39, 0.29) is 0 Å². The van der Waals surface area contributed by atoms with Gasteiger partial charge < -0.3 is 9.13 Å². The number of nitriles is 1. The Balaban J connectivity index is 1.07. The summed E-state index contributed by atoms with van der Waals surface area (Å²) < 4.78 is 4.76. The zero-order chi connectivity index (χ0) is 50.5. The molecule has 76 heavy (non-hydrogen) atoms. The molecule has 6 nitrogen and oxygen atoms in total. The summed E-state index contributed by atoms with van der Waals surface area (Å²) in [4.78, 5) is 16.0. The molecule has 14 aromatic rings. The molecule has 0 aliphatic carbocycles. The standard InChI is InChI=1S/C70H44N6/c71-45-54-27-13-14-28-55(54)52-35-39-64(75-62-31-17-15-29-56(62)59-41-50(33-37-65(59)75)46-19-5-1-6-20-46)58(43-52)53-36-40-67(76-63-32-18-16-30-57(63)60-42-51(34-38-66(60)76)47-21-7-2-8-22-47)61(44-53)70-73-68(48-23-9-3-10-24-48)72-69(74-70)49-25-11-4-12-26-49/h1-44H. The van der Waals surface area contributed by atoms with Gasteiger partial charge in [0.25, 0.3) is 0 Å². The van der Waals surface area contributed by atoms with Gasteiger partial charge in [0.15, 0.2) is 17.5 Å². The molecule has 0 fully saturated rings. The monoisotopic (exact) mass is 968 g/mol. The van der Waals surface area contributed by atoms with Crippen LogP contribution >= 0.6 is 0 Å². The second-order valence-electron chi connectivity index (χ2n) is 19.1. The van der Waals surface area contributed by atoms with Crippen LogP contribution in [0.5, 0.6) is 0 Å². The van der Waals surface area contributed by atoms with Gasteiger partial charge in [-0.2, -0.15) is 5.26 Å². The highest BCUT2D eigenvalue weighted by molar-refractivity contribution is 6.12. The molecule has 0 amide bonds. The lowest BCUT2D eigenvalue weighted by Crippen LogP contribution is -2.04. The van der Waals surface area contributed by atoms with Crippen LogP contribution in [0.15, 0.2) is 267 Å². The highest BCUT2D eigenvalue weighted by atomic mass is 15.1. The molecule has 0 aliphatic rings. The molecule has 0 radical (unpaired) electrons. The minimum Gasteiger partial charge on any atom is -0.309 e. The Hall–Kier alpha value is -10.5. The van der Waals surface area contributed by atoms with Crippen molar-refractivity contribution in [3.8, 4) is 96.1 Å². The summed E-state index contributed by atoms with van der Waals surface area (Å²) in [7, 11) is 0. The first-order valence-corrected chi connectivity index (χ1v) is 25.5. The van der Waals surface area contributed by atoms with E-state index >= 15 is 0 Å². The van der Waals surface area contributed by atoms with Gasteiger partial charge in [-0.15, -0.1) is 0 Å². The van der Waals surface area contributed by atoms with E-state index in [9.17, 15) is 5.26 Å². The Morgan fingerprint density at radius 3 is 1.16 bits per heavy atom. The van der Waals surface area contributed by atoms with Crippen molar-refractivity contribution in [1.29, 1.82) is 5.26 Å². The van der Waals surface area contributed by atoms with Crippen LogP contribution in [-0.4, -0.2) is 24.1 Å². The van der Waals surface area contributed by atoms with Crippen molar-refractivity contribution in [3.63, 3.8) is 0 Å². The number of hydrogen-bond acceptors (Lipinski definition) is 4. The highest BCUT2D eigenvalue weighted by Gasteiger charge is 2.24. The van der Waals surface area contributed by atoms with Gasteiger partial charge in [-0.1, -0.05) is 200 Å². The third-order valence-corrected chi connectivity index (χ3v) is 14.6. The summed E-state index contributed by atoms with van der Waals surface area (Å²) in [6, 6.07) is 95.9. The molecule has 0 aliphatic heterocycles. The van der Waals surface area contributed by atoms with Crippen LogP contribution < -0.4 is 0 Å². The molecule has 14 rings (SSSR count). The van der Waals surface area contributed by atoms with E-state index in [1.54, 1.807) is 0 Å². The van der Waals surface area contributed by atoms with Crippen LogP contribution in [0.1, 0.15) is 5.56 Å². The van der Waals surface area contributed by atoms with Crippen molar-refractivity contribution in [2.24, 2.45) is 0 Å². The van der Waals surface area contributed by atoms with Gasteiger partial charge in [0.05, 0.1) is 45.1 Å². The summed E-state index contributed by atoms with van der Waals surface area (Å²) in [6.45, 7) is 0. The zero-order valence-electron chi connectivity index (χ0n) is 41.1. The van der Waals surface area contributed by atoms with Crippen LogP contribution in [0.25, 0.3) is 134 Å². The van der Waals surface area contributed by atoms with E-state index in [2.05, 4.69) is 197 Å². The highest BCUT2D eigenvalue weighted by Crippen LogP contribution is 2.44. The van der Waals surface area contributed by atoms with Crippen LogP contribution in [0.2, 0.25) is 0 Å². The second kappa shape index (κ2) is 18.5. The first-order chi connectivity index (χ1) is 37.6. The summed E-state index contributed by atoms with van der Waals surface area (Å²) >= 11 is 0. The second-order valence-corrected chi connectivity index (χ2v) is 19.1. The van der Waals surface area contributed by atoms with Gasteiger partial charge in [0.1, 0.15) is 0 Å². The minimum absolute atomic E-state index is 0.536. The summed E-state index contributed by atoms with van der Waals surface area (Å²) in [6.07, 6.45) is 0. The van der Waals surface area contributed by atoms with Crippen molar-refractivity contribution in [2.45, 2.75) is 0 Å². The van der Waals surface area contributed by atoms with Gasteiger partial charge in [-0.3, -0.25) is 0 Å². The predicted molar refractivity (Wildman–Crippen MR) is 311 cm³/mol. The average Bonchev–Trinajstić information content (AvgIpc) is 4.12. The lowest BCUT2D eigenvalue weighted by molar-refractivity contribution is 1.06. The molecule has 0 atom stereocenters.